The van der Waals surface area contributed by atoms with E-state index in [1.807, 2.05) is 6.07 Å². The number of halogens is 1. The summed E-state index contributed by atoms with van der Waals surface area (Å²) in [4.78, 5) is 1.49. The van der Waals surface area contributed by atoms with Gasteiger partial charge in [-0.1, -0.05) is 6.92 Å². The van der Waals surface area contributed by atoms with Crippen LogP contribution in [0.3, 0.4) is 0 Å². The minimum Gasteiger partial charge on any atom is -0.378 e. The molecule has 1 unspecified atom stereocenters. The summed E-state index contributed by atoms with van der Waals surface area (Å²) in [7, 11) is -3.39. The maximum absolute atomic E-state index is 11.9. The fraction of sp³-hybridized carbons (Fsp3) is 0.286. The van der Waals surface area contributed by atoms with E-state index in [4.69, 9.17) is 0 Å². The highest BCUT2D eigenvalue weighted by Crippen LogP contribution is 2.29. The molecule has 0 amide bonds. The van der Waals surface area contributed by atoms with Gasteiger partial charge in [-0.25, -0.2) is 13.1 Å². The van der Waals surface area contributed by atoms with Crippen molar-refractivity contribution in [2.24, 2.45) is 0 Å². The zero-order chi connectivity index (χ0) is 15.5. The van der Waals surface area contributed by atoms with Gasteiger partial charge in [0.05, 0.1) is 14.7 Å². The van der Waals surface area contributed by atoms with Crippen molar-refractivity contribution in [2.75, 3.05) is 11.9 Å². The first-order valence-electron chi connectivity index (χ1n) is 6.54. The molecule has 0 bridgehead atoms. The first-order valence-corrected chi connectivity index (χ1v) is 9.63. The number of benzene rings is 1. The molecule has 1 aromatic heterocycles. The lowest BCUT2D eigenvalue weighted by atomic mass is 10.2. The molecule has 114 valence electrons. The van der Waals surface area contributed by atoms with Crippen molar-refractivity contribution >= 4 is 43.0 Å². The fourth-order valence-corrected chi connectivity index (χ4v) is 4.35. The van der Waals surface area contributed by atoms with Crippen LogP contribution < -0.4 is 10.0 Å². The van der Waals surface area contributed by atoms with Crippen LogP contribution in [-0.4, -0.2) is 15.0 Å². The summed E-state index contributed by atoms with van der Waals surface area (Å²) in [5, 5.41) is 3.36. The average molecular weight is 389 g/mol. The zero-order valence-corrected chi connectivity index (χ0v) is 15.0. The van der Waals surface area contributed by atoms with Gasteiger partial charge in [0, 0.05) is 17.1 Å². The maximum Gasteiger partial charge on any atom is 0.240 e. The summed E-state index contributed by atoms with van der Waals surface area (Å²) in [6, 6.07) is 11.0. The molecule has 7 heteroatoms. The Kier molecular flexibility index (Phi) is 5.43. The van der Waals surface area contributed by atoms with Crippen LogP contribution in [0.15, 0.2) is 45.1 Å². The van der Waals surface area contributed by atoms with Crippen molar-refractivity contribution in [1.82, 2.24) is 4.72 Å². The molecule has 0 saturated carbocycles. The number of anilines is 1. The summed E-state index contributed by atoms with van der Waals surface area (Å²) in [6.45, 7) is 4.21. The number of thiophene rings is 1. The van der Waals surface area contributed by atoms with E-state index in [9.17, 15) is 8.42 Å². The molecule has 2 aromatic rings. The highest BCUT2D eigenvalue weighted by Gasteiger charge is 2.13. The molecule has 1 atom stereocenters. The van der Waals surface area contributed by atoms with E-state index in [1.165, 1.54) is 4.88 Å². The summed E-state index contributed by atoms with van der Waals surface area (Å²) < 4.78 is 27.3. The van der Waals surface area contributed by atoms with Gasteiger partial charge in [-0.15, -0.1) is 11.3 Å². The largest absolute Gasteiger partial charge is 0.378 e. The Bertz CT molecular complexity index is 696. The van der Waals surface area contributed by atoms with E-state index in [2.05, 4.69) is 39.0 Å². The summed E-state index contributed by atoms with van der Waals surface area (Å²) in [6.07, 6.45) is 0. The molecule has 0 aliphatic carbocycles. The molecule has 1 heterocycles. The van der Waals surface area contributed by atoms with Gasteiger partial charge >= 0.3 is 0 Å². The third-order valence-corrected chi connectivity index (χ3v) is 6.27. The van der Waals surface area contributed by atoms with E-state index in [-0.39, 0.29) is 10.9 Å². The van der Waals surface area contributed by atoms with Crippen LogP contribution in [0.25, 0.3) is 0 Å². The van der Waals surface area contributed by atoms with E-state index >= 15 is 0 Å². The number of nitrogens with one attached hydrogen (secondary N) is 2. The number of rotatable bonds is 6. The van der Waals surface area contributed by atoms with Gasteiger partial charge in [0.15, 0.2) is 0 Å². The minimum absolute atomic E-state index is 0.164. The summed E-state index contributed by atoms with van der Waals surface area (Å²) >= 11 is 5.13. The number of hydrogen-bond donors (Lipinski definition) is 2. The van der Waals surface area contributed by atoms with Crippen LogP contribution in [0.1, 0.15) is 24.8 Å². The van der Waals surface area contributed by atoms with Crippen LogP contribution in [0.4, 0.5) is 5.69 Å². The molecule has 0 fully saturated rings. The highest BCUT2D eigenvalue weighted by atomic mass is 79.9. The van der Waals surface area contributed by atoms with Crippen molar-refractivity contribution in [2.45, 2.75) is 24.8 Å². The van der Waals surface area contributed by atoms with Gasteiger partial charge in [-0.3, -0.25) is 0 Å². The molecule has 0 aliphatic heterocycles. The quantitative estimate of drug-likeness (QED) is 0.786. The van der Waals surface area contributed by atoms with Gasteiger partial charge in [-0.2, -0.15) is 0 Å². The first-order chi connectivity index (χ1) is 9.92. The van der Waals surface area contributed by atoms with E-state index in [0.29, 0.717) is 6.54 Å². The van der Waals surface area contributed by atoms with Gasteiger partial charge in [0.25, 0.3) is 0 Å². The molecule has 2 rings (SSSR count). The first kappa shape index (κ1) is 16.5. The van der Waals surface area contributed by atoms with Gasteiger partial charge < -0.3 is 5.32 Å². The smallest absolute Gasteiger partial charge is 0.240 e. The molecule has 2 N–H and O–H groups in total. The Morgan fingerprint density at radius 3 is 2.38 bits per heavy atom. The van der Waals surface area contributed by atoms with Crippen LogP contribution in [0, 0.1) is 0 Å². The average Bonchev–Trinajstić information content (AvgIpc) is 2.86. The van der Waals surface area contributed by atoms with Crippen molar-refractivity contribution in [1.29, 1.82) is 0 Å². The van der Waals surface area contributed by atoms with Crippen LogP contribution in [0.5, 0.6) is 0 Å². The molecular weight excluding hydrogens is 372 g/mol. The lowest BCUT2D eigenvalue weighted by Gasteiger charge is -2.14. The third-order valence-electron chi connectivity index (χ3n) is 2.90. The van der Waals surface area contributed by atoms with Gasteiger partial charge in [0.1, 0.15) is 0 Å². The molecule has 0 saturated heterocycles. The lowest BCUT2D eigenvalue weighted by molar-refractivity contribution is 0.584. The Morgan fingerprint density at radius 2 is 1.86 bits per heavy atom. The van der Waals surface area contributed by atoms with Crippen molar-refractivity contribution < 1.29 is 8.42 Å². The lowest BCUT2D eigenvalue weighted by Crippen LogP contribution is -2.23. The molecule has 0 spiro atoms. The van der Waals surface area contributed by atoms with Crippen LogP contribution in [-0.2, 0) is 10.0 Å². The topological polar surface area (TPSA) is 58.2 Å². The van der Waals surface area contributed by atoms with Crippen LogP contribution in [0.2, 0.25) is 0 Å². The van der Waals surface area contributed by atoms with Crippen LogP contribution >= 0.6 is 27.3 Å². The molecule has 0 aliphatic rings. The third kappa shape index (κ3) is 4.29. The van der Waals surface area contributed by atoms with Gasteiger partial charge in [-0.05, 0) is 59.3 Å². The number of sulfonamides is 1. The Hall–Kier alpha value is -0.890. The molecule has 4 nitrogen and oxygen atoms in total. The predicted molar refractivity (Wildman–Crippen MR) is 91.4 cm³/mol. The second kappa shape index (κ2) is 6.91. The zero-order valence-electron chi connectivity index (χ0n) is 11.8. The van der Waals surface area contributed by atoms with E-state index < -0.39 is 10.0 Å². The summed E-state index contributed by atoms with van der Waals surface area (Å²) in [5.41, 5.74) is 0.891. The minimum atomic E-state index is -3.39. The van der Waals surface area contributed by atoms with Crippen molar-refractivity contribution in [3.8, 4) is 0 Å². The van der Waals surface area contributed by atoms with E-state index in [0.717, 1.165) is 9.47 Å². The van der Waals surface area contributed by atoms with E-state index in [1.54, 1.807) is 42.5 Å². The SMILES string of the molecule is CCNS(=O)(=O)c1ccc(NC(C)c2ccc(Br)s2)cc1. The second-order valence-electron chi connectivity index (χ2n) is 4.53. The monoisotopic (exact) mass is 388 g/mol. The van der Waals surface area contributed by atoms with Crippen molar-refractivity contribution in [3.05, 3.63) is 45.1 Å². The Labute approximate surface area is 137 Å². The van der Waals surface area contributed by atoms with Crippen molar-refractivity contribution in [3.63, 3.8) is 0 Å². The summed E-state index contributed by atoms with van der Waals surface area (Å²) in [5.74, 6) is 0. The molecular formula is C14H17BrN2O2S2. The predicted octanol–water partition coefficient (Wildman–Crippen LogP) is 3.98. The second-order valence-corrected chi connectivity index (χ2v) is 8.80. The Balaban J connectivity index is 2.09. The normalized spacial score (nSPS) is 13.1. The molecule has 1 aromatic carbocycles. The molecule has 0 radical (unpaired) electrons. The van der Waals surface area contributed by atoms with Gasteiger partial charge in [0.2, 0.25) is 10.0 Å². The number of hydrogen-bond acceptors (Lipinski definition) is 4. The standard InChI is InChI=1S/C14H17BrN2O2S2/c1-3-16-21(18,19)12-6-4-11(5-7-12)17-10(2)13-8-9-14(15)20-13/h4-10,16-17H,3H2,1-2H3. The Morgan fingerprint density at radius 1 is 1.19 bits per heavy atom. The molecule has 21 heavy (non-hydrogen) atoms. The fourth-order valence-electron chi connectivity index (χ4n) is 1.89. The highest BCUT2D eigenvalue weighted by molar-refractivity contribution is 9.11. The maximum atomic E-state index is 11.9.